The Labute approximate surface area is 90.1 Å². The van der Waals surface area contributed by atoms with Gasteiger partial charge in [0.2, 0.25) is 0 Å². The van der Waals surface area contributed by atoms with Crippen LogP contribution in [0.15, 0.2) is 0 Å². The number of methoxy groups -OCH3 is 2. The van der Waals surface area contributed by atoms with Crippen molar-refractivity contribution in [2.75, 3.05) is 34.0 Å². The standard InChI is InChI=1S/C10H19NO4/c1-13-7-5-11-9(10(12)14-2)8-4-3-6-15-8/h8-9,11H,3-7H2,1-2H3. The SMILES string of the molecule is COCCNC(C(=O)OC)C1CCCO1. The molecule has 1 aliphatic rings. The summed E-state index contributed by atoms with van der Waals surface area (Å²) in [6, 6.07) is -0.368. The second-order valence-corrected chi connectivity index (χ2v) is 3.50. The van der Waals surface area contributed by atoms with Gasteiger partial charge in [-0.25, -0.2) is 0 Å². The maximum absolute atomic E-state index is 11.5. The van der Waals surface area contributed by atoms with E-state index < -0.39 is 0 Å². The highest BCUT2D eigenvalue weighted by molar-refractivity contribution is 5.76. The Balaban J connectivity index is 2.40. The summed E-state index contributed by atoms with van der Waals surface area (Å²) in [5.74, 6) is -0.266. The molecule has 0 aromatic carbocycles. The van der Waals surface area contributed by atoms with E-state index in [4.69, 9.17) is 14.2 Å². The van der Waals surface area contributed by atoms with Gasteiger partial charge in [0.05, 0.1) is 19.8 Å². The van der Waals surface area contributed by atoms with Crippen molar-refractivity contribution in [2.24, 2.45) is 0 Å². The molecule has 0 aromatic heterocycles. The van der Waals surface area contributed by atoms with Crippen LogP contribution in [-0.2, 0) is 19.0 Å². The van der Waals surface area contributed by atoms with Crippen molar-refractivity contribution in [1.82, 2.24) is 5.32 Å². The first-order chi connectivity index (χ1) is 7.29. The highest BCUT2D eigenvalue weighted by Crippen LogP contribution is 2.16. The lowest BCUT2D eigenvalue weighted by molar-refractivity contribution is -0.146. The predicted molar refractivity (Wildman–Crippen MR) is 54.7 cm³/mol. The molecule has 1 N–H and O–H groups in total. The van der Waals surface area contributed by atoms with Crippen LogP contribution < -0.4 is 5.32 Å². The first kappa shape index (κ1) is 12.4. The minimum atomic E-state index is -0.368. The molecule has 5 heteroatoms. The minimum Gasteiger partial charge on any atom is -0.468 e. The van der Waals surface area contributed by atoms with E-state index in [2.05, 4.69) is 5.32 Å². The largest absolute Gasteiger partial charge is 0.468 e. The topological polar surface area (TPSA) is 56.8 Å². The van der Waals surface area contributed by atoms with E-state index in [1.807, 2.05) is 0 Å². The molecule has 88 valence electrons. The number of hydrogen-bond donors (Lipinski definition) is 1. The zero-order valence-electron chi connectivity index (χ0n) is 9.32. The second-order valence-electron chi connectivity index (χ2n) is 3.50. The molecule has 0 saturated carbocycles. The monoisotopic (exact) mass is 217 g/mol. The lowest BCUT2D eigenvalue weighted by Gasteiger charge is -2.21. The maximum atomic E-state index is 11.5. The van der Waals surface area contributed by atoms with Crippen molar-refractivity contribution in [3.8, 4) is 0 Å². The Bertz CT molecular complexity index is 192. The number of hydrogen-bond acceptors (Lipinski definition) is 5. The van der Waals surface area contributed by atoms with Crippen LogP contribution in [0.3, 0.4) is 0 Å². The Morgan fingerprint density at radius 2 is 2.40 bits per heavy atom. The summed E-state index contributed by atoms with van der Waals surface area (Å²) in [5, 5.41) is 3.09. The van der Waals surface area contributed by atoms with E-state index >= 15 is 0 Å². The van der Waals surface area contributed by atoms with Gasteiger partial charge in [0.1, 0.15) is 6.04 Å². The molecular weight excluding hydrogens is 198 g/mol. The first-order valence-electron chi connectivity index (χ1n) is 5.21. The summed E-state index contributed by atoms with van der Waals surface area (Å²) in [4.78, 5) is 11.5. The summed E-state index contributed by atoms with van der Waals surface area (Å²) in [5.41, 5.74) is 0. The molecule has 1 heterocycles. The van der Waals surface area contributed by atoms with E-state index in [1.54, 1.807) is 7.11 Å². The molecule has 0 spiro atoms. The second kappa shape index (κ2) is 6.76. The van der Waals surface area contributed by atoms with Crippen molar-refractivity contribution in [3.63, 3.8) is 0 Å². The third-order valence-electron chi connectivity index (χ3n) is 2.46. The zero-order chi connectivity index (χ0) is 11.1. The summed E-state index contributed by atoms with van der Waals surface area (Å²) in [6.45, 7) is 1.92. The molecule has 0 aromatic rings. The van der Waals surface area contributed by atoms with Gasteiger partial charge in [-0.15, -0.1) is 0 Å². The quantitative estimate of drug-likeness (QED) is 0.499. The smallest absolute Gasteiger partial charge is 0.325 e. The van der Waals surface area contributed by atoms with Crippen molar-refractivity contribution in [1.29, 1.82) is 0 Å². The molecule has 0 radical (unpaired) electrons. The third kappa shape index (κ3) is 3.77. The van der Waals surface area contributed by atoms with E-state index in [0.717, 1.165) is 19.4 Å². The van der Waals surface area contributed by atoms with Crippen molar-refractivity contribution in [2.45, 2.75) is 25.0 Å². The molecule has 0 aliphatic carbocycles. The predicted octanol–water partition coefficient (Wildman–Crippen LogP) is -0.0570. The summed E-state index contributed by atoms with van der Waals surface area (Å²) < 4.78 is 15.1. The fourth-order valence-electron chi connectivity index (χ4n) is 1.68. The van der Waals surface area contributed by atoms with Gasteiger partial charge in [-0.05, 0) is 12.8 Å². The van der Waals surface area contributed by atoms with Crippen LogP contribution in [0.25, 0.3) is 0 Å². The highest BCUT2D eigenvalue weighted by Gasteiger charge is 2.31. The fraction of sp³-hybridized carbons (Fsp3) is 0.900. The number of ether oxygens (including phenoxy) is 3. The summed E-state index contributed by atoms with van der Waals surface area (Å²) in [6.07, 6.45) is 1.85. The molecule has 5 nitrogen and oxygen atoms in total. The van der Waals surface area contributed by atoms with Gasteiger partial charge in [0.15, 0.2) is 0 Å². The molecular formula is C10H19NO4. The van der Waals surface area contributed by atoms with Gasteiger partial charge < -0.3 is 14.2 Å². The van der Waals surface area contributed by atoms with Gasteiger partial charge in [0.25, 0.3) is 0 Å². The van der Waals surface area contributed by atoms with Gasteiger partial charge in [-0.1, -0.05) is 0 Å². The number of carbonyl (C=O) groups is 1. The van der Waals surface area contributed by atoms with Gasteiger partial charge in [-0.2, -0.15) is 0 Å². The number of carbonyl (C=O) groups excluding carboxylic acids is 1. The van der Waals surface area contributed by atoms with E-state index in [1.165, 1.54) is 7.11 Å². The van der Waals surface area contributed by atoms with Crippen LogP contribution in [0.2, 0.25) is 0 Å². The fourth-order valence-corrected chi connectivity index (χ4v) is 1.68. The maximum Gasteiger partial charge on any atom is 0.325 e. The van der Waals surface area contributed by atoms with Crippen molar-refractivity contribution < 1.29 is 19.0 Å². The number of nitrogens with one attached hydrogen (secondary N) is 1. The molecule has 15 heavy (non-hydrogen) atoms. The van der Waals surface area contributed by atoms with Gasteiger partial charge >= 0.3 is 5.97 Å². The highest BCUT2D eigenvalue weighted by atomic mass is 16.5. The Hall–Kier alpha value is -0.650. The van der Waals surface area contributed by atoms with Crippen molar-refractivity contribution >= 4 is 5.97 Å². The number of rotatable bonds is 6. The Morgan fingerprint density at radius 3 is 2.93 bits per heavy atom. The molecule has 1 rings (SSSR count). The molecule has 1 fully saturated rings. The van der Waals surface area contributed by atoms with Crippen LogP contribution in [-0.4, -0.2) is 52.1 Å². The molecule has 0 amide bonds. The Morgan fingerprint density at radius 1 is 1.60 bits per heavy atom. The third-order valence-corrected chi connectivity index (χ3v) is 2.46. The molecule has 1 aliphatic heterocycles. The van der Waals surface area contributed by atoms with Crippen LogP contribution in [0.4, 0.5) is 0 Å². The Kier molecular flexibility index (Phi) is 5.60. The van der Waals surface area contributed by atoms with Crippen LogP contribution in [0.1, 0.15) is 12.8 Å². The first-order valence-corrected chi connectivity index (χ1v) is 5.21. The van der Waals surface area contributed by atoms with Crippen LogP contribution >= 0.6 is 0 Å². The lowest BCUT2D eigenvalue weighted by atomic mass is 10.1. The van der Waals surface area contributed by atoms with Crippen molar-refractivity contribution in [3.05, 3.63) is 0 Å². The lowest BCUT2D eigenvalue weighted by Crippen LogP contribution is -2.47. The van der Waals surface area contributed by atoms with Crippen LogP contribution in [0.5, 0.6) is 0 Å². The van der Waals surface area contributed by atoms with E-state index in [9.17, 15) is 4.79 Å². The van der Waals surface area contributed by atoms with Gasteiger partial charge in [0, 0.05) is 20.3 Å². The summed E-state index contributed by atoms with van der Waals surface area (Å²) >= 11 is 0. The molecule has 1 saturated heterocycles. The van der Waals surface area contributed by atoms with Gasteiger partial charge in [-0.3, -0.25) is 10.1 Å². The average molecular weight is 217 g/mol. The minimum absolute atomic E-state index is 0.0608. The molecule has 0 bridgehead atoms. The van der Waals surface area contributed by atoms with E-state index in [-0.39, 0.29) is 18.1 Å². The zero-order valence-corrected chi connectivity index (χ0v) is 9.32. The normalized spacial score (nSPS) is 22.7. The van der Waals surface area contributed by atoms with E-state index in [0.29, 0.717) is 13.2 Å². The molecule has 2 atom stereocenters. The molecule has 2 unspecified atom stereocenters. The van der Waals surface area contributed by atoms with Crippen LogP contribution in [0, 0.1) is 0 Å². The average Bonchev–Trinajstić information content (AvgIpc) is 2.77. The number of esters is 1. The summed E-state index contributed by atoms with van der Waals surface area (Å²) in [7, 11) is 3.02.